The standard InChI is InChI=1S/C26H22N4O3/c1-26(2,3)25-28-20-15-16(13-14-21(20)33-25)27-23(31)22-18-11-7-8-12-19(18)24(32)30(29-22)17-9-5-4-6-10-17/h4-15H,1-3H3,(H,27,31). The highest BCUT2D eigenvalue weighted by molar-refractivity contribution is 6.11. The summed E-state index contributed by atoms with van der Waals surface area (Å²) in [6.07, 6.45) is 0. The first-order valence-electron chi connectivity index (χ1n) is 10.6. The Balaban J connectivity index is 1.57. The third kappa shape index (κ3) is 3.78. The number of nitrogens with one attached hydrogen (secondary N) is 1. The van der Waals surface area contributed by atoms with Crippen molar-refractivity contribution < 1.29 is 9.21 Å². The van der Waals surface area contributed by atoms with Crippen molar-refractivity contribution in [2.45, 2.75) is 26.2 Å². The Labute approximate surface area is 189 Å². The average molecular weight is 438 g/mol. The smallest absolute Gasteiger partial charge is 0.279 e. The van der Waals surface area contributed by atoms with Gasteiger partial charge in [-0.1, -0.05) is 57.2 Å². The molecule has 0 aliphatic heterocycles. The maximum atomic E-state index is 13.3. The van der Waals surface area contributed by atoms with Gasteiger partial charge in [0.15, 0.2) is 11.3 Å². The lowest BCUT2D eigenvalue weighted by molar-refractivity contribution is 0.102. The van der Waals surface area contributed by atoms with Gasteiger partial charge < -0.3 is 9.73 Å². The zero-order valence-electron chi connectivity index (χ0n) is 18.5. The predicted octanol–water partition coefficient (Wildman–Crippen LogP) is 5.08. The first kappa shape index (κ1) is 20.6. The molecule has 0 spiro atoms. The van der Waals surface area contributed by atoms with Gasteiger partial charge in [-0.2, -0.15) is 9.78 Å². The molecule has 3 aromatic carbocycles. The Kier molecular flexibility index (Phi) is 4.82. The van der Waals surface area contributed by atoms with Crippen LogP contribution < -0.4 is 10.9 Å². The number of rotatable bonds is 3. The Morgan fingerprint density at radius 2 is 1.64 bits per heavy atom. The van der Waals surface area contributed by atoms with E-state index in [1.165, 1.54) is 4.68 Å². The number of nitrogens with zero attached hydrogens (tertiary/aromatic N) is 3. The summed E-state index contributed by atoms with van der Waals surface area (Å²) in [4.78, 5) is 30.9. The summed E-state index contributed by atoms with van der Waals surface area (Å²) in [5, 5.41) is 8.22. The number of hydrogen-bond acceptors (Lipinski definition) is 5. The first-order chi connectivity index (χ1) is 15.8. The zero-order valence-corrected chi connectivity index (χ0v) is 18.5. The van der Waals surface area contributed by atoms with Crippen molar-refractivity contribution in [3.63, 3.8) is 0 Å². The van der Waals surface area contributed by atoms with Gasteiger partial charge in [-0.05, 0) is 36.4 Å². The lowest BCUT2D eigenvalue weighted by Gasteiger charge is -2.11. The third-order valence-electron chi connectivity index (χ3n) is 5.31. The van der Waals surface area contributed by atoms with E-state index in [1.807, 2.05) is 39.0 Å². The molecule has 164 valence electrons. The van der Waals surface area contributed by atoms with E-state index in [4.69, 9.17) is 4.42 Å². The van der Waals surface area contributed by atoms with Crippen molar-refractivity contribution in [2.75, 3.05) is 5.32 Å². The van der Waals surface area contributed by atoms with E-state index < -0.39 is 5.91 Å². The number of amides is 1. The van der Waals surface area contributed by atoms with Gasteiger partial charge in [-0.25, -0.2) is 4.98 Å². The molecule has 0 aliphatic carbocycles. The van der Waals surface area contributed by atoms with Crippen LogP contribution in [0.4, 0.5) is 5.69 Å². The van der Waals surface area contributed by atoms with Crippen LogP contribution in [0.15, 0.2) is 82.0 Å². The average Bonchev–Trinajstić information content (AvgIpc) is 3.24. The highest BCUT2D eigenvalue weighted by Gasteiger charge is 2.22. The van der Waals surface area contributed by atoms with Crippen LogP contribution in [-0.2, 0) is 5.41 Å². The van der Waals surface area contributed by atoms with Crippen molar-refractivity contribution in [1.82, 2.24) is 14.8 Å². The molecule has 0 aliphatic rings. The van der Waals surface area contributed by atoms with Crippen LogP contribution >= 0.6 is 0 Å². The zero-order chi connectivity index (χ0) is 23.2. The number of oxazole rings is 1. The molecule has 0 bridgehead atoms. The van der Waals surface area contributed by atoms with Crippen LogP contribution in [-0.4, -0.2) is 20.7 Å². The fourth-order valence-corrected chi connectivity index (χ4v) is 3.62. The predicted molar refractivity (Wildman–Crippen MR) is 128 cm³/mol. The van der Waals surface area contributed by atoms with Gasteiger partial charge in [-0.15, -0.1) is 0 Å². The number of carbonyl (C=O) groups excluding carboxylic acids is 1. The summed E-state index contributed by atoms with van der Waals surface area (Å²) in [5.41, 5.74) is 2.10. The molecule has 1 amide bonds. The van der Waals surface area contributed by atoms with Gasteiger partial charge >= 0.3 is 0 Å². The Bertz CT molecular complexity index is 1560. The van der Waals surface area contributed by atoms with E-state index in [9.17, 15) is 9.59 Å². The Morgan fingerprint density at radius 3 is 2.36 bits per heavy atom. The number of anilines is 1. The summed E-state index contributed by atoms with van der Waals surface area (Å²) in [7, 11) is 0. The minimum atomic E-state index is -0.422. The van der Waals surface area contributed by atoms with Gasteiger partial charge in [0.25, 0.3) is 11.5 Å². The van der Waals surface area contributed by atoms with E-state index in [1.54, 1.807) is 54.6 Å². The molecule has 0 saturated heterocycles. The summed E-state index contributed by atoms with van der Waals surface area (Å²) >= 11 is 0. The topological polar surface area (TPSA) is 90.0 Å². The van der Waals surface area contributed by atoms with Gasteiger partial charge in [0, 0.05) is 16.5 Å². The molecule has 0 radical (unpaired) electrons. The number of para-hydroxylation sites is 1. The van der Waals surface area contributed by atoms with E-state index in [2.05, 4.69) is 15.4 Å². The van der Waals surface area contributed by atoms with Crippen LogP contribution in [0, 0.1) is 0 Å². The number of benzene rings is 3. The van der Waals surface area contributed by atoms with Crippen LogP contribution in [0.2, 0.25) is 0 Å². The quantitative estimate of drug-likeness (QED) is 0.424. The molecular weight excluding hydrogens is 416 g/mol. The number of hydrogen-bond donors (Lipinski definition) is 1. The Morgan fingerprint density at radius 1 is 0.939 bits per heavy atom. The van der Waals surface area contributed by atoms with Gasteiger partial charge in [0.2, 0.25) is 5.89 Å². The molecule has 2 heterocycles. The van der Waals surface area contributed by atoms with Crippen LogP contribution in [0.25, 0.3) is 27.6 Å². The maximum Gasteiger partial charge on any atom is 0.279 e. The summed E-state index contributed by atoms with van der Waals surface area (Å²) in [6.45, 7) is 6.08. The number of fused-ring (bicyclic) bond motifs is 2. The SMILES string of the molecule is CC(C)(C)c1nc2cc(NC(=O)c3nn(-c4ccccc4)c(=O)c4ccccc34)ccc2o1. The van der Waals surface area contributed by atoms with Crippen molar-refractivity contribution in [1.29, 1.82) is 0 Å². The Hall–Kier alpha value is -4.26. The van der Waals surface area contributed by atoms with Gasteiger partial charge in [0.05, 0.1) is 11.1 Å². The summed E-state index contributed by atoms with van der Waals surface area (Å²) < 4.78 is 7.10. The lowest BCUT2D eigenvalue weighted by Crippen LogP contribution is -2.26. The van der Waals surface area contributed by atoms with E-state index in [0.29, 0.717) is 39.1 Å². The van der Waals surface area contributed by atoms with E-state index >= 15 is 0 Å². The summed E-state index contributed by atoms with van der Waals surface area (Å²) in [6, 6.07) is 21.3. The fourth-order valence-electron chi connectivity index (χ4n) is 3.62. The molecule has 1 N–H and O–H groups in total. The molecule has 2 aromatic heterocycles. The number of carbonyl (C=O) groups is 1. The molecule has 0 saturated carbocycles. The monoisotopic (exact) mass is 438 g/mol. The third-order valence-corrected chi connectivity index (χ3v) is 5.31. The second-order valence-corrected chi connectivity index (χ2v) is 8.85. The normalized spacial score (nSPS) is 11.7. The van der Waals surface area contributed by atoms with E-state index in [-0.39, 0.29) is 16.7 Å². The molecule has 7 nitrogen and oxygen atoms in total. The molecule has 33 heavy (non-hydrogen) atoms. The van der Waals surface area contributed by atoms with Crippen LogP contribution in [0.3, 0.4) is 0 Å². The molecule has 5 aromatic rings. The lowest BCUT2D eigenvalue weighted by atomic mass is 9.97. The second-order valence-electron chi connectivity index (χ2n) is 8.85. The fraction of sp³-hybridized carbons (Fsp3) is 0.154. The number of aromatic nitrogens is 3. The first-order valence-corrected chi connectivity index (χ1v) is 10.6. The van der Waals surface area contributed by atoms with Crippen molar-refractivity contribution in [2.24, 2.45) is 0 Å². The molecular formula is C26H22N4O3. The molecule has 7 heteroatoms. The van der Waals surface area contributed by atoms with Crippen molar-refractivity contribution in [3.8, 4) is 5.69 Å². The largest absolute Gasteiger partial charge is 0.440 e. The van der Waals surface area contributed by atoms with Crippen molar-refractivity contribution in [3.05, 3.63) is 94.7 Å². The molecule has 0 fully saturated rings. The van der Waals surface area contributed by atoms with Crippen molar-refractivity contribution >= 4 is 33.5 Å². The van der Waals surface area contributed by atoms with Crippen LogP contribution in [0.1, 0.15) is 37.2 Å². The highest BCUT2D eigenvalue weighted by Crippen LogP contribution is 2.27. The van der Waals surface area contributed by atoms with Gasteiger partial charge in [0.1, 0.15) is 5.52 Å². The summed E-state index contributed by atoms with van der Waals surface area (Å²) in [5.74, 6) is 0.207. The van der Waals surface area contributed by atoms with E-state index in [0.717, 1.165) is 0 Å². The highest BCUT2D eigenvalue weighted by atomic mass is 16.3. The van der Waals surface area contributed by atoms with Crippen LogP contribution in [0.5, 0.6) is 0 Å². The second kappa shape index (κ2) is 7.70. The minimum Gasteiger partial charge on any atom is -0.440 e. The molecule has 5 rings (SSSR count). The molecule has 0 unspecified atom stereocenters. The molecule has 0 atom stereocenters. The minimum absolute atomic E-state index is 0.157. The van der Waals surface area contributed by atoms with Gasteiger partial charge in [-0.3, -0.25) is 9.59 Å². The maximum absolute atomic E-state index is 13.3.